The molecule has 0 radical (unpaired) electrons. The number of nitrogens with one attached hydrogen (secondary N) is 1. The van der Waals surface area contributed by atoms with Crippen molar-refractivity contribution in [2.45, 2.75) is 51.7 Å². The number of hydrogen-bond acceptors (Lipinski definition) is 4. The van der Waals surface area contributed by atoms with Crippen molar-refractivity contribution in [3.63, 3.8) is 0 Å². The van der Waals surface area contributed by atoms with Crippen molar-refractivity contribution in [1.29, 1.82) is 0 Å². The van der Waals surface area contributed by atoms with Gasteiger partial charge in [-0.25, -0.2) is 0 Å². The highest BCUT2D eigenvalue weighted by Crippen LogP contribution is 2.02. The van der Waals surface area contributed by atoms with Gasteiger partial charge in [0.2, 0.25) is 0 Å². The summed E-state index contributed by atoms with van der Waals surface area (Å²) >= 11 is 0. The smallest absolute Gasteiger partial charge is 0.322 e. The van der Waals surface area contributed by atoms with Gasteiger partial charge in [-0.15, -0.1) is 0 Å². The summed E-state index contributed by atoms with van der Waals surface area (Å²) in [5.74, 6) is -0.214. The fourth-order valence-electron chi connectivity index (χ4n) is 1.32. The molecule has 2 atom stereocenters. The van der Waals surface area contributed by atoms with Crippen molar-refractivity contribution in [3.8, 4) is 0 Å². The van der Waals surface area contributed by atoms with Gasteiger partial charge in [-0.05, 0) is 26.3 Å². The van der Waals surface area contributed by atoms with Crippen LogP contribution in [-0.2, 0) is 9.53 Å². The Morgan fingerprint density at radius 3 is 2.60 bits per heavy atom. The van der Waals surface area contributed by atoms with Gasteiger partial charge in [0.25, 0.3) is 0 Å². The quantitative estimate of drug-likeness (QED) is 0.597. The molecule has 2 N–H and O–H groups in total. The molecular weight excluding hydrogens is 194 g/mol. The van der Waals surface area contributed by atoms with Crippen LogP contribution in [-0.4, -0.2) is 36.9 Å². The Balaban J connectivity index is 3.84. The topological polar surface area (TPSA) is 58.6 Å². The average molecular weight is 217 g/mol. The van der Waals surface area contributed by atoms with Gasteiger partial charge < -0.3 is 15.2 Å². The third-order valence-electron chi connectivity index (χ3n) is 2.28. The van der Waals surface area contributed by atoms with Crippen molar-refractivity contribution >= 4 is 5.97 Å². The maximum absolute atomic E-state index is 11.3. The molecule has 4 heteroatoms. The summed E-state index contributed by atoms with van der Waals surface area (Å²) in [6, 6.07) is -0.228. The average Bonchev–Trinajstić information content (AvgIpc) is 2.21. The van der Waals surface area contributed by atoms with E-state index in [1.807, 2.05) is 0 Å². The van der Waals surface area contributed by atoms with E-state index in [4.69, 9.17) is 9.84 Å². The molecule has 0 bridgehead atoms. The molecule has 0 spiro atoms. The SMILES string of the molecule is CCCCC(NCCC(C)O)C(=O)OC. The van der Waals surface area contributed by atoms with Crippen LogP contribution in [0.2, 0.25) is 0 Å². The maximum atomic E-state index is 11.3. The van der Waals surface area contributed by atoms with Crippen LogP contribution in [0, 0.1) is 0 Å². The number of aliphatic hydroxyl groups is 1. The highest BCUT2D eigenvalue weighted by Gasteiger charge is 2.17. The van der Waals surface area contributed by atoms with Crippen LogP contribution < -0.4 is 5.32 Å². The Kier molecular flexibility index (Phi) is 8.33. The van der Waals surface area contributed by atoms with E-state index in [-0.39, 0.29) is 18.1 Å². The number of carbonyl (C=O) groups excluding carboxylic acids is 1. The summed E-state index contributed by atoms with van der Waals surface area (Å²) in [7, 11) is 1.40. The van der Waals surface area contributed by atoms with Crippen LogP contribution in [0.3, 0.4) is 0 Å². The molecule has 15 heavy (non-hydrogen) atoms. The van der Waals surface area contributed by atoms with Crippen molar-refractivity contribution in [2.24, 2.45) is 0 Å². The van der Waals surface area contributed by atoms with E-state index < -0.39 is 0 Å². The molecule has 0 saturated heterocycles. The molecule has 0 heterocycles. The Bertz CT molecular complexity index is 171. The Hall–Kier alpha value is -0.610. The van der Waals surface area contributed by atoms with E-state index in [0.29, 0.717) is 13.0 Å². The van der Waals surface area contributed by atoms with Crippen LogP contribution in [0.4, 0.5) is 0 Å². The molecule has 0 aromatic heterocycles. The first-order chi connectivity index (χ1) is 7.11. The van der Waals surface area contributed by atoms with Gasteiger partial charge in [0, 0.05) is 0 Å². The Morgan fingerprint density at radius 1 is 1.47 bits per heavy atom. The summed E-state index contributed by atoms with van der Waals surface area (Å²) in [6.45, 7) is 4.46. The highest BCUT2D eigenvalue weighted by molar-refractivity contribution is 5.75. The second-order valence-electron chi connectivity index (χ2n) is 3.81. The molecule has 4 nitrogen and oxygen atoms in total. The summed E-state index contributed by atoms with van der Waals surface area (Å²) in [5.41, 5.74) is 0. The molecule has 2 unspecified atom stereocenters. The monoisotopic (exact) mass is 217 g/mol. The first-order valence-electron chi connectivity index (χ1n) is 5.61. The van der Waals surface area contributed by atoms with Gasteiger partial charge in [0.15, 0.2) is 0 Å². The predicted octanol–water partition coefficient (Wildman–Crippen LogP) is 1.08. The van der Waals surface area contributed by atoms with Crippen molar-refractivity contribution < 1.29 is 14.6 Å². The second-order valence-corrected chi connectivity index (χ2v) is 3.81. The standard InChI is InChI=1S/C11H23NO3/c1-4-5-6-10(11(14)15-3)12-8-7-9(2)13/h9-10,12-13H,4-8H2,1-3H3. The van der Waals surface area contributed by atoms with E-state index in [9.17, 15) is 4.79 Å². The number of hydrogen-bond donors (Lipinski definition) is 2. The number of aliphatic hydroxyl groups excluding tert-OH is 1. The minimum absolute atomic E-state index is 0.214. The fraction of sp³-hybridized carbons (Fsp3) is 0.909. The summed E-state index contributed by atoms with van der Waals surface area (Å²) in [6.07, 6.45) is 3.18. The molecule has 0 rings (SSSR count). The first-order valence-corrected chi connectivity index (χ1v) is 5.61. The largest absolute Gasteiger partial charge is 0.468 e. The first kappa shape index (κ1) is 14.4. The van der Waals surface area contributed by atoms with Gasteiger partial charge in [0.05, 0.1) is 13.2 Å². The minimum Gasteiger partial charge on any atom is -0.468 e. The molecule has 0 aromatic rings. The Morgan fingerprint density at radius 2 is 2.13 bits per heavy atom. The third-order valence-corrected chi connectivity index (χ3v) is 2.28. The lowest BCUT2D eigenvalue weighted by molar-refractivity contribution is -0.143. The van der Waals surface area contributed by atoms with Crippen LogP contribution in [0.1, 0.15) is 39.5 Å². The molecule has 0 fully saturated rings. The molecule has 0 aliphatic carbocycles. The van der Waals surface area contributed by atoms with Gasteiger partial charge in [-0.1, -0.05) is 19.8 Å². The molecule has 0 aliphatic rings. The fourth-order valence-corrected chi connectivity index (χ4v) is 1.32. The summed E-state index contributed by atoms with van der Waals surface area (Å²) in [5, 5.41) is 12.2. The van der Waals surface area contributed by atoms with Crippen molar-refractivity contribution in [3.05, 3.63) is 0 Å². The van der Waals surface area contributed by atoms with E-state index in [2.05, 4.69) is 12.2 Å². The third kappa shape index (κ3) is 7.33. The van der Waals surface area contributed by atoms with Crippen molar-refractivity contribution in [1.82, 2.24) is 5.32 Å². The molecule has 90 valence electrons. The van der Waals surface area contributed by atoms with Gasteiger partial charge in [-0.2, -0.15) is 0 Å². The van der Waals surface area contributed by atoms with E-state index in [1.165, 1.54) is 7.11 Å². The van der Waals surface area contributed by atoms with Gasteiger partial charge in [-0.3, -0.25) is 4.79 Å². The normalized spacial score (nSPS) is 14.7. The zero-order chi connectivity index (χ0) is 11.7. The van der Waals surface area contributed by atoms with Crippen LogP contribution in [0.25, 0.3) is 0 Å². The lowest BCUT2D eigenvalue weighted by Crippen LogP contribution is -2.38. The van der Waals surface area contributed by atoms with Crippen LogP contribution in [0.15, 0.2) is 0 Å². The number of unbranched alkanes of at least 4 members (excludes halogenated alkanes) is 1. The number of carbonyl (C=O) groups is 1. The number of ether oxygens (including phenoxy) is 1. The van der Waals surface area contributed by atoms with E-state index >= 15 is 0 Å². The zero-order valence-corrected chi connectivity index (χ0v) is 9.95. The molecule has 0 aromatic carbocycles. The number of rotatable bonds is 8. The highest BCUT2D eigenvalue weighted by atomic mass is 16.5. The van der Waals surface area contributed by atoms with Gasteiger partial charge >= 0.3 is 5.97 Å². The zero-order valence-electron chi connectivity index (χ0n) is 9.95. The summed E-state index contributed by atoms with van der Waals surface area (Å²) < 4.78 is 4.70. The predicted molar refractivity (Wildman–Crippen MR) is 59.6 cm³/mol. The molecular formula is C11H23NO3. The number of methoxy groups -OCH3 is 1. The molecule has 0 saturated carbocycles. The summed E-state index contributed by atoms with van der Waals surface area (Å²) in [4.78, 5) is 11.3. The van der Waals surface area contributed by atoms with Gasteiger partial charge in [0.1, 0.15) is 6.04 Å². The maximum Gasteiger partial charge on any atom is 0.322 e. The minimum atomic E-state index is -0.332. The molecule has 0 amide bonds. The number of esters is 1. The lowest BCUT2D eigenvalue weighted by Gasteiger charge is -2.16. The van der Waals surface area contributed by atoms with E-state index in [0.717, 1.165) is 19.3 Å². The molecule has 0 aliphatic heterocycles. The second kappa shape index (κ2) is 8.68. The van der Waals surface area contributed by atoms with Crippen LogP contribution in [0.5, 0.6) is 0 Å². The van der Waals surface area contributed by atoms with Crippen LogP contribution >= 0.6 is 0 Å². The van der Waals surface area contributed by atoms with E-state index in [1.54, 1.807) is 6.92 Å². The Labute approximate surface area is 92.0 Å². The van der Waals surface area contributed by atoms with Crippen molar-refractivity contribution in [2.75, 3.05) is 13.7 Å². The lowest BCUT2D eigenvalue weighted by atomic mass is 10.1.